The number of rotatable bonds is 2. The first-order valence-corrected chi connectivity index (χ1v) is 5.97. The van der Waals surface area contributed by atoms with Crippen LogP contribution in [-0.2, 0) is 6.42 Å². The van der Waals surface area contributed by atoms with Crippen LogP contribution in [0.2, 0.25) is 0 Å². The molecule has 1 aliphatic rings. The van der Waals surface area contributed by atoms with Crippen molar-refractivity contribution in [3.8, 4) is 0 Å². The fraction of sp³-hybridized carbons (Fsp3) is 0.615. The third-order valence-electron chi connectivity index (χ3n) is 3.37. The van der Waals surface area contributed by atoms with Crippen LogP contribution in [0.3, 0.4) is 0 Å². The first-order valence-electron chi connectivity index (χ1n) is 5.97. The van der Waals surface area contributed by atoms with Crippen LogP contribution in [0.4, 0.5) is 0 Å². The molecule has 1 saturated heterocycles. The summed E-state index contributed by atoms with van der Waals surface area (Å²) in [6.45, 7) is 6.65. The topological polar surface area (TPSA) is 24.9 Å². The van der Waals surface area contributed by atoms with Gasteiger partial charge >= 0.3 is 0 Å². The summed E-state index contributed by atoms with van der Waals surface area (Å²) in [7, 11) is 0. The van der Waals surface area contributed by atoms with Crippen molar-refractivity contribution >= 4 is 0 Å². The number of piperidine rings is 1. The van der Waals surface area contributed by atoms with Gasteiger partial charge in [0, 0.05) is 17.8 Å². The van der Waals surface area contributed by atoms with Gasteiger partial charge in [-0.3, -0.25) is 4.98 Å². The maximum Gasteiger partial charge on any atom is 0.0438 e. The molecule has 0 unspecified atom stereocenters. The van der Waals surface area contributed by atoms with E-state index in [4.69, 9.17) is 0 Å². The monoisotopic (exact) mass is 204 g/mol. The third-order valence-corrected chi connectivity index (χ3v) is 3.37. The maximum atomic E-state index is 4.58. The molecule has 0 saturated carbocycles. The first-order chi connectivity index (χ1) is 7.31. The second-order valence-electron chi connectivity index (χ2n) is 4.41. The molecule has 0 aromatic carbocycles. The van der Waals surface area contributed by atoms with Gasteiger partial charge in [-0.1, -0.05) is 6.92 Å². The number of aromatic nitrogens is 1. The van der Waals surface area contributed by atoms with Crippen molar-refractivity contribution in [2.24, 2.45) is 0 Å². The van der Waals surface area contributed by atoms with Crippen molar-refractivity contribution in [3.05, 3.63) is 29.1 Å². The lowest BCUT2D eigenvalue weighted by molar-refractivity contribution is 0.453. The minimum atomic E-state index is 0.678. The van der Waals surface area contributed by atoms with E-state index in [0.29, 0.717) is 5.92 Å². The Morgan fingerprint density at radius 1 is 1.40 bits per heavy atom. The molecule has 1 aromatic heterocycles. The number of hydrogen-bond acceptors (Lipinski definition) is 2. The van der Waals surface area contributed by atoms with E-state index in [2.05, 4.69) is 30.2 Å². The molecule has 0 atom stereocenters. The van der Waals surface area contributed by atoms with E-state index in [0.717, 1.165) is 19.5 Å². The fourth-order valence-electron chi connectivity index (χ4n) is 2.31. The van der Waals surface area contributed by atoms with Crippen molar-refractivity contribution in [3.63, 3.8) is 0 Å². The summed E-state index contributed by atoms with van der Waals surface area (Å²) in [5.74, 6) is 0.678. The number of pyridine rings is 1. The van der Waals surface area contributed by atoms with Crippen molar-refractivity contribution in [1.82, 2.24) is 10.3 Å². The van der Waals surface area contributed by atoms with Gasteiger partial charge in [-0.25, -0.2) is 0 Å². The Hall–Kier alpha value is -0.890. The van der Waals surface area contributed by atoms with Crippen LogP contribution in [0, 0.1) is 6.92 Å². The second-order valence-corrected chi connectivity index (χ2v) is 4.41. The number of aryl methyl sites for hydroxylation is 2. The minimum Gasteiger partial charge on any atom is -0.317 e. The lowest BCUT2D eigenvalue weighted by atomic mass is 9.92. The summed E-state index contributed by atoms with van der Waals surface area (Å²) < 4.78 is 0. The van der Waals surface area contributed by atoms with Crippen molar-refractivity contribution in [2.75, 3.05) is 13.1 Å². The Kier molecular flexibility index (Phi) is 3.37. The molecule has 1 N–H and O–H groups in total. The van der Waals surface area contributed by atoms with Crippen molar-refractivity contribution < 1.29 is 0 Å². The molecular formula is C13H20N2. The normalized spacial score (nSPS) is 18.0. The zero-order chi connectivity index (χ0) is 10.7. The van der Waals surface area contributed by atoms with Crippen molar-refractivity contribution in [1.29, 1.82) is 0 Å². The van der Waals surface area contributed by atoms with Gasteiger partial charge in [0.15, 0.2) is 0 Å². The van der Waals surface area contributed by atoms with E-state index in [1.54, 1.807) is 0 Å². The lowest BCUT2D eigenvalue weighted by Crippen LogP contribution is -2.27. The third kappa shape index (κ3) is 2.37. The summed E-state index contributed by atoms with van der Waals surface area (Å²) in [5.41, 5.74) is 4.09. The Balaban J connectivity index is 2.20. The van der Waals surface area contributed by atoms with E-state index >= 15 is 0 Å². The molecule has 2 nitrogen and oxygen atoms in total. The quantitative estimate of drug-likeness (QED) is 0.800. The average molecular weight is 204 g/mol. The minimum absolute atomic E-state index is 0.678. The maximum absolute atomic E-state index is 4.58. The number of nitrogens with one attached hydrogen (secondary N) is 1. The smallest absolute Gasteiger partial charge is 0.0438 e. The predicted molar refractivity (Wildman–Crippen MR) is 63.2 cm³/mol. The molecule has 1 aromatic rings. The fourth-order valence-corrected chi connectivity index (χ4v) is 2.31. The van der Waals surface area contributed by atoms with Crippen LogP contribution in [0.25, 0.3) is 0 Å². The molecule has 1 fully saturated rings. The molecule has 2 heterocycles. The molecule has 0 bridgehead atoms. The van der Waals surface area contributed by atoms with E-state index < -0.39 is 0 Å². The van der Waals surface area contributed by atoms with Crippen LogP contribution in [0.15, 0.2) is 12.3 Å². The predicted octanol–water partition coefficient (Wildman–Crippen LogP) is 2.42. The number of nitrogens with zero attached hydrogens (tertiary/aromatic N) is 1. The zero-order valence-corrected chi connectivity index (χ0v) is 9.71. The van der Waals surface area contributed by atoms with Gasteiger partial charge in [0.05, 0.1) is 0 Å². The SMILES string of the molecule is CCc1cc(C2CCNCC2)ncc1C. The van der Waals surface area contributed by atoms with Crippen LogP contribution >= 0.6 is 0 Å². The average Bonchev–Trinajstić information content (AvgIpc) is 2.31. The largest absolute Gasteiger partial charge is 0.317 e. The van der Waals surface area contributed by atoms with E-state index in [1.807, 2.05) is 6.20 Å². The van der Waals surface area contributed by atoms with Gasteiger partial charge in [0.25, 0.3) is 0 Å². The summed E-state index contributed by atoms with van der Waals surface area (Å²) in [5, 5.41) is 3.40. The van der Waals surface area contributed by atoms with Crippen LogP contribution in [0.1, 0.15) is 42.5 Å². The molecule has 15 heavy (non-hydrogen) atoms. The van der Waals surface area contributed by atoms with E-state index in [9.17, 15) is 0 Å². The molecular weight excluding hydrogens is 184 g/mol. The van der Waals surface area contributed by atoms with E-state index in [1.165, 1.54) is 29.7 Å². The van der Waals surface area contributed by atoms with Gasteiger partial charge in [-0.2, -0.15) is 0 Å². The van der Waals surface area contributed by atoms with Gasteiger partial charge in [0.1, 0.15) is 0 Å². The summed E-state index contributed by atoms with van der Waals surface area (Å²) in [4.78, 5) is 4.58. The molecule has 0 aliphatic carbocycles. The van der Waals surface area contributed by atoms with E-state index in [-0.39, 0.29) is 0 Å². The molecule has 2 heteroatoms. The van der Waals surface area contributed by atoms with Crippen LogP contribution in [-0.4, -0.2) is 18.1 Å². The molecule has 1 aliphatic heterocycles. The van der Waals surface area contributed by atoms with Gasteiger partial charge < -0.3 is 5.32 Å². The zero-order valence-electron chi connectivity index (χ0n) is 9.71. The van der Waals surface area contributed by atoms with Crippen LogP contribution < -0.4 is 5.32 Å². The molecule has 2 rings (SSSR count). The standard InChI is InChI=1S/C13H20N2/c1-3-11-8-13(15-9-10(11)2)12-4-6-14-7-5-12/h8-9,12,14H,3-7H2,1-2H3. The molecule has 82 valence electrons. The van der Waals surface area contributed by atoms with Gasteiger partial charge in [0.2, 0.25) is 0 Å². The molecule has 0 amide bonds. The number of hydrogen-bond donors (Lipinski definition) is 1. The highest BCUT2D eigenvalue weighted by Gasteiger charge is 2.16. The van der Waals surface area contributed by atoms with Crippen molar-refractivity contribution in [2.45, 2.75) is 39.0 Å². The highest BCUT2D eigenvalue weighted by Crippen LogP contribution is 2.24. The summed E-state index contributed by atoms with van der Waals surface area (Å²) in [6, 6.07) is 2.31. The van der Waals surface area contributed by atoms with Crippen LogP contribution in [0.5, 0.6) is 0 Å². The second kappa shape index (κ2) is 4.75. The van der Waals surface area contributed by atoms with Gasteiger partial charge in [-0.05, 0) is 56.5 Å². The molecule has 0 spiro atoms. The lowest BCUT2D eigenvalue weighted by Gasteiger charge is -2.22. The summed E-state index contributed by atoms with van der Waals surface area (Å²) in [6.07, 6.45) is 5.63. The molecule has 0 radical (unpaired) electrons. The highest BCUT2D eigenvalue weighted by atomic mass is 14.9. The van der Waals surface area contributed by atoms with Gasteiger partial charge in [-0.15, -0.1) is 0 Å². The Bertz CT molecular complexity index is 327. The first kappa shape index (κ1) is 10.6. The Morgan fingerprint density at radius 2 is 2.13 bits per heavy atom. The Morgan fingerprint density at radius 3 is 2.80 bits per heavy atom. The summed E-state index contributed by atoms with van der Waals surface area (Å²) >= 11 is 0. The Labute approximate surface area is 92.1 Å². The highest BCUT2D eigenvalue weighted by molar-refractivity contribution is 5.27.